The number of benzene rings is 1. The fraction of sp³-hybridized carbons (Fsp3) is 0.500. The van der Waals surface area contributed by atoms with Crippen LogP contribution in [0.3, 0.4) is 0 Å². The molecule has 7 heteroatoms. The number of rotatable bonds is 4. The van der Waals surface area contributed by atoms with Gasteiger partial charge in [-0.3, -0.25) is 9.58 Å². The maximum atomic E-state index is 5.67. The predicted molar refractivity (Wildman–Crippen MR) is 82.4 cm³/mol. The molecule has 2 aliphatic heterocycles. The van der Waals surface area contributed by atoms with Crippen molar-refractivity contribution in [3.63, 3.8) is 0 Å². The Balaban J connectivity index is 1.52. The number of aryl methyl sites for hydroxylation is 1. The maximum Gasteiger partial charge on any atom is 0.231 e. The van der Waals surface area contributed by atoms with Crippen LogP contribution in [-0.4, -0.2) is 53.0 Å². The van der Waals surface area contributed by atoms with Gasteiger partial charge in [-0.15, -0.1) is 5.10 Å². The smallest absolute Gasteiger partial charge is 0.231 e. The fourth-order valence-electron chi connectivity index (χ4n) is 3.40. The molecule has 1 aromatic carbocycles. The van der Waals surface area contributed by atoms with Gasteiger partial charge in [-0.1, -0.05) is 17.3 Å². The molecule has 0 unspecified atom stereocenters. The van der Waals surface area contributed by atoms with Crippen LogP contribution in [0, 0.1) is 0 Å². The van der Waals surface area contributed by atoms with Crippen LogP contribution in [-0.2, 0) is 18.3 Å². The molecular weight excluding hydrogens is 296 g/mol. The number of likely N-dealkylation sites (tertiary alicyclic amines) is 1. The molecule has 2 atom stereocenters. The zero-order valence-corrected chi connectivity index (χ0v) is 13.3. The van der Waals surface area contributed by atoms with Gasteiger partial charge in [0.1, 0.15) is 0 Å². The Morgan fingerprint density at radius 3 is 3.00 bits per heavy atom. The number of nitrogens with zero attached hydrogens (tertiary/aromatic N) is 4. The number of hydrogen-bond acceptors (Lipinski definition) is 6. The number of ether oxygens (including phenoxy) is 3. The minimum atomic E-state index is 0.126. The quantitative estimate of drug-likeness (QED) is 0.843. The average Bonchev–Trinajstić information content (AvgIpc) is 3.26. The summed E-state index contributed by atoms with van der Waals surface area (Å²) in [4.78, 5) is 2.37. The summed E-state index contributed by atoms with van der Waals surface area (Å²) in [5.41, 5.74) is 2.13. The zero-order chi connectivity index (χ0) is 15.8. The van der Waals surface area contributed by atoms with Crippen molar-refractivity contribution in [3.8, 4) is 11.5 Å². The molecule has 0 N–H and O–H groups in total. The van der Waals surface area contributed by atoms with Gasteiger partial charge >= 0.3 is 0 Å². The van der Waals surface area contributed by atoms with Crippen LogP contribution in [0.2, 0.25) is 0 Å². The third kappa shape index (κ3) is 2.66. The van der Waals surface area contributed by atoms with Crippen LogP contribution in [0.5, 0.6) is 11.5 Å². The van der Waals surface area contributed by atoms with Gasteiger partial charge in [0, 0.05) is 51.5 Å². The van der Waals surface area contributed by atoms with E-state index < -0.39 is 0 Å². The zero-order valence-electron chi connectivity index (χ0n) is 13.3. The number of fused-ring (bicyclic) bond motifs is 1. The molecule has 2 aromatic rings. The standard InChI is InChI=1S/C16H20N4O3/c1-19-8-13(17-18-19)12-7-20(9-15(12)21-2)6-11-4-3-5-14-16(11)23-10-22-14/h3-5,8,12,15H,6-7,9-10H2,1-2H3/t12-,15+/m0/s1. The van der Waals surface area contributed by atoms with E-state index in [2.05, 4.69) is 21.3 Å². The molecule has 122 valence electrons. The summed E-state index contributed by atoms with van der Waals surface area (Å²) in [7, 11) is 3.64. The SMILES string of the molecule is CO[C@@H]1CN(Cc2cccc3c2OCO3)C[C@H]1c1cn(C)nn1. The van der Waals surface area contributed by atoms with Crippen molar-refractivity contribution in [2.45, 2.75) is 18.6 Å². The lowest BCUT2D eigenvalue weighted by Gasteiger charge is -2.16. The normalized spacial score (nSPS) is 23.6. The molecule has 0 aliphatic carbocycles. The molecule has 2 aliphatic rings. The molecule has 3 heterocycles. The van der Waals surface area contributed by atoms with E-state index in [1.807, 2.05) is 25.4 Å². The Labute approximate surface area is 134 Å². The van der Waals surface area contributed by atoms with Crippen molar-refractivity contribution in [2.24, 2.45) is 7.05 Å². The van der Waals surface area contributed by atoms with Crippen LogP contribution in [0.4, 0.5) is 0 Å². The molecular formula is C16H20N4O3. The van der Waals surface area contributed by atoms with Crippen molar-refractivity contribution >= 4 is 0 Å². The van der Waals surface area contributed by atoms with Crippen molar-refractivity contribution in [1.29, 1.82) is 0 Å². The molecule has 1 fully saturated rings. The van der Waals surface area contributed by atoms with E-state index >= 15 is 0 Å². The minimum Gasteiger partial charge on any atom is -0.454 e. The highest BCUT2D eigenvalue weighted by Gasteiger charge is 2.36. The largest absolute Gasteiger partial charge is 0.454 e. The minimum absolute atomic E-state index is 0.126. The van der Waals surface area contributed by atoms with Gasteiger partial charge in [0.05, 0.1) is 11.8 Å². The lowest BCUT2D eigenvalue weighted by molar-refractivity contribution is 0.0956. The second-order valence-electron chi connectivity index (χ2n) is 6.04. The summed E-state index contributed by atoms with van der Waals surface area (Å²) in [6.07, 6.45) is 2.10. The van der Waals surface area contributed by atoms with Crippen molar-refractivity contribution < 1.29 is 14.2 Å². The summed E-state index contributed by atoms with van der Waals surface area (Å²) in [6, 6.07) is 6.04. The summed E-state index contributed by atoms with van der Waals surface area (Å²) >= 11 is 0. The first kappa shape index (κ1) is 14.5. The first-order valence-electron chi connectivity index (χ1n) is 7.73. The summed E-state index contributed by atoms with van der Waals surface area (Å²) in [5, 5.41) is 8.30. The average molecular weight is 316 g/mol. The Kier molecular flexibility index (Phi) is 3.66. The molecule has 0 amide bonds. The molecule has 4 rings (SSSR count). The lowest BCUT2D eigenvalue weighted by atomic mass is 10.0. The van der Waals surface area contributed by atoms with Gasteiger partial charge in [-0.05, 0) is 6.07 Å². The summed E-state index contributed by atoms with van der Waals surface area (Å²) in [6.45, 7) is 2.86. The molecule has 0 spiro atoms. The molecule has 1 saturated heterocycles. The number of hydrogen-bond donors (Lipinski definition) is 0. The van der Waals surface area contributed by atoms with E-state index in [0.29, 0.717) is 6.79 Å². The van der Waals surface area contributed by atoms with Crippen molar-refractivity contribution in [1.82, 2.24) is 19.9 Å². The van der Waals surface area contributed by atoms with Gasteiger partial charge in [-0.2, -0.15) is 0 Å². The van der Waals surface area contributed by atoms with Crippen LogP contribution < -0.4 is 9.47 Å². The van der Waals surface area contributed by atoms with E-state index in [1.165, 1.54) is 0 Å². The third-order valence-electron chi connectivity index (χ3n) is 4.52. The van der Waals surface area contributed by atoms with Crippen LogP contribution in [0.15, 0.2) is 24.4 Å². The van der Waals surface area contributed by atoms with Crippen molar-refractivity contribution in [2.75, 3.05) is 27.0 Å². The van der Waals surface area contributed by atoms with Crippen LogP contribution in [0.1, 0.15) is 17.2 Å². The van der Waals surface area contributed by atoms with Gasteiger partial charge in [0.2, 0.25) is 6.79 Å². The first-order valence-corrected chi connectivity index (χ1v) is 7.73. The molecule has 0 bridgehead atoms. The van der Waals surface area contributed by atoms with Crippen LogP contribution in [0.25, 0.3) is 0 Å². The molecule has 23 heavy (non-hydrogen) atoms. The number of para-hydroxylation sites is 1. The Morgan fingerprint density at radius 1 is 1.30 bits per heavy atom. The highest BCUT2D eigenvalue weighted by Crippen LogP contribution is 2.37. The molecule has 7 nitrogen and oxygen atoms in total. The van der Waals surface area contributed by atoms with Crippen molar-refractivity contribution in [3.05, 3.63) is 35.7 Å². The summed E-state index contributed by atoms with van der Waals surface area (Å²) < 4.78 is 18.5. The number of aromatic nitrogens is 3. The highest BCUT2D eigenvalue weighted by molar-refractivity contribution is 5.48. The first-order chi connectivity index (χ1) is 11.2. The van der Waals surface area contributed by atoms with E-state index in [1.54, 1.807) is 11.8 Å². The molecule has 0 saturated carbocycles. The fourth-order valence-corrected chi connectivity index (χ4v) is 3.40. The van der Waals surface area contributed by atoms with Gasteiger partial charge in [0.15, 0.2) is 11.5 Å². The van der Waals surface area contributed by atoms with E-state index in [4.69, 9.17) is 14.2 Å². The van der Waals surface area contributed by atoms with E-state index in [-0.39, 0.29) is 12.0 Å². The second-order valence-corrected chi connectivity index (χ2v) is 6.04. The van der Waals surface area contributed by atoms with Gasteiger partial charge in [-0.25, -0.2) is 0 Å². The second kappa shape index (κ2) is 5.82. The monoisotopic (exact) mass is 316 g/mol. The third-order valence-corrected chi connectivity index (χ3v) is 4.52. The van der Waals surface area contributed by atoms with E-state index in [0.717, 1.165) is 42.4 Å². The topological polar surface area (TPSA) is 61.6 Å². The Bertz CT molecular complexity index is 702. The maximum absolute atomic E-state index is 5.67. The Morgan fingerprint density at radius 2 is 2.22 bits per heavy atom. The van der Waals surface area contributed by atoms with Crippen LogP contribution >= 0.6 is 0 Å². The summed E-state index contributed by atoms with van der Waals surface area (Å²) in [5.74, 6) is 1.93. The van der Waals surface area contributed by atoms with Gasteiger partial charge < -0.3 is 14.2 Å². The van der Waals surface area contributed by atoms with E-state index in [9.17, 15) is 0 Å². The van der Waals surface area contributed by atoms with Gasteiger partial charge in [0.25, 0.3) is 0 Å². The molecule has 1 aromatic heterocycles. The lowest BCUT2D eigenvalue weighted by Crippen LogP contribution is -2.22. The highest BCUT2D eigenvalue weighted by atomic mass is 16.7. The number of methoxy groups -OCH3 is 1. The molecule has 0 radical (unpaired) electrons. The Hall–Kier alpha value is -2.12. The predicted octanol–water partition coefficient (Wildman–Crippen LogP) is 1.16.